The molecule has 0 aliphatic heterocycles. The smallest absolute Gasteiger partial charge is 0.196 e. The molecule has 1 aromatic heterocycles. The molecule has 0 radical (unpaired) electrons. The van der Waals surface area contributed by atoms with Crippen molar-refractivity contribution in [3.05, 3.63) is 78.1 Å². The van der Waals surface area contributed by atoms with E-state index in [9.17, 15) is 0 Å². The highest BCUT2D eigenvalue weighted by atomic mass is 127. The maximum Gasteiger partial charge on any atom is 0.196 e. The van der Waals surface area contributed by atoms with Crippen molar-refractivity contribution in [3.8, 4) is 11.4 Å². The fourth-order valence-electron chi connectivity index (χ4n) is 2.43. The van der Waals surface area contributed by atoms with Crippen LogP contribution in [0, 0.1) is 0 Å². The lowest BCUT2D eigenvalue weighted by atomic mass is 10.2. The number of rotatable bonds is 4. The fourth-order valence-corrected chi connectivity index (χ4v) is 2.43. The Hall–Kier alpha value is -2.08. The number of halogens is 1. The predicted molar refractivity (Wildman–Crippen MR) is 88.9 cm³/mol. The van der Waals surface area contributed by atoms with E-state index in [1.54, 1.807) is 7.11 Å². The van der Waals surface area contributed by atoms with Gasteiger partial charge in [0.05, 0.1) is 7.11 Å². The number of methoxy groups -OCH3 is 1. The number of aromatic nitrogens is 2. The minimum atomic E-state index is 0. The highest BCUT2D eigenvalue weighted by Gasteiger charge is 2.10. The zero-order valence-electron chi connectivity index (χ0n) is 13.2. The van der Waals surface area contributed by atoms with E-state index in [0.717, 1.165) is 22.7 Å². The van der Waals surface area contributed by atoms with Gasteiger partial charge >= 0.3 is 0 Å². The summed E-state index contributed by atoms with van der Waals surface area (Å²) >= 11 is 0. The van der Waals surface area contributed by atoms with Crippen LogP contribution in [0.3, 0.4) is 0 Å². The molecule has 0 saturated heterocycles. The Morgan fingerprint density at radius 3 is 2.26 bits per heavy atom. The summed E-state index contributed by atoms with van der Waals surface area (Å²) in [6.07, 6.45) is 6.28. The summed E-state index contributed by atoms with van der Waals surface area (Å²) in [5.74, 6) is 0.871. The summed E-state index contributed by atoms with van der Waals surface area (Å²) in [7, 11) is 3.72. The van der Waals surface area contributed by atoms with Gasteiger partial charge in [0.25, 0.3) is 0 Å². The van der Waals surface area contributed by atoms with Crippen LogP contribution in [0.1, 0.15) is 11.3 Å². The summed E-state index contributed by atoms with van der Waals surface area (Å²) in [5, 5.41) is 0. The molecule has 3 nitrogen and oxygen atoms in total. The highest BCUT2D eigenvalue weighted by molar-refractivity contribution is 5.68. The van der Waals surface area contributed by atoms with Gasteiger partial charge in [-0.05, 0) is 35.9 Å². The minimum Gasteiger partial charge on any atom is -1.00 e. The molecule has 0 aliphatic carbocycles. The zero-order valence-corrected chi connectivity index (χ0v) is 15.3. The lowest BCUT2D eigenvalue weighted by Gasteiger charge is -2.03. The molecule has 23 heavy (non-hydrogen) atoms. The van der Waals surface area contributed by atoms with Crippen LogP contribution in [0.4, 0.5) is 0 Å². The summed E-state index contributed by atoms with van der Waals surface area (Å²) in [5.41, 5.74) is 3.41. The highest BCUT2D eigenvalue weighted by Crippen LogP contribution is 2.15. The van der Waals surface area contributed by atoms with E-state index in [-0.39, 0.29) is 24.0 Å². The van der Waals surface area contributed by atoms with Gasteiger partial charge in [-0.1, -0.05) is 36.4 Å². The maximum atomic E-state index is 5.18. The average Bonchev–Trinajstić information content (AvgIpc) is 2.95. The molecule has 0 N–H and O–H groups in total. The summed E-state index contributed by atoms with van der Waals surface area (Å²) in [6.45, 7) is 0. The second-order valence-corrected chi connectivity index (χ2v) is 5.07. The molecule has 0 amide bonds. The van der Waals surface area contributed by atoms with Crippen LogP contribution >= 0.6 is 0 Å². The van der Waals surface area contributed by atoms with Gasteiger partial charge in [-0.15, -0.1) is 9.36 Å². The summed E-state index contributed by atoms with van der Waals surface area (Å²) < 4.78 is 9.42. The van der Waals surface area contributed by atoms with Crippen LogP contribution in [0.5, 0.6) is 5.75 Å². The Bertz CT molecular complexity index is 777. The Morgan fingerprint density at radius 1 is 0.913 bits per heavy atom. The summed E-state index contributed by atoms with van der Waals surface area (Å²) in [4.78, 5) is 0. The van der Waals surface area contributed by atoms with Crippen LogP contribution < -0.4 is 33.4 Å². The largest absolute Gasteiger partial charge is 1.00 e. The molecule has 2 aromatic carbocycles. The Balaban J connectivity index is 0.00000192. The first-order chi connectivity index (χ1) is 10.8. The van der Waals surface area contributed by atoms with E-state index in [4.69, 9.17) is 4.74 Å². The molecule has 1 heterocycles. The SMILES string of the molecule is COc1ccc(C=Cc2cc[n+](C)n2-c2ccccc2)cc1.[I-]. The van der Waals surface area contributed by atoms with Gasteiger partial charge in [0.15, 0.2) is 13.2 Å². The number of nitrogens with zero attached hydrogens (tertiary/aromatic N) is 2. The van der Waals surface area contributed by atoms with Crippen molar-refractivity contribution in [3.63, 3.8) is 0 Å². The molecule has 0 unspecified atom stereocenters. The fraction of sp³-hybridized carbons (Fsp3) is 0.105. The quantitative estimate of drug-likeness (QED) is 0.446. The molecular weight excluding hydrogens is 399 g/mol. The normalized spacial score (nSPS) is 10.5. The van der Waals surface area contributed by atoms with E-state index < -0.39 is 0 Å². The van der Waals surface area contributed by atoms with Crippen molar-refractivity contribution in [2.24, 2.45) is 7.05 Å². The number of ether oxygens (including phenoxy) is 1. The molecule has 4 heteroatoms. The third-order valence-electron chi connectivity index (χ3n) is 3.58. The van der Waals surface area contributed by atoms with E-state index in [0.29, 0.717) is 0 Å². The van der Waals surface area contributed by atoms with Crippen molar-refractivity contribution >= 4 is 12.2 Å². The van der Waals surface area contributed by atoms with E-state index in [2.05, 4.69) is 45.9 Å². The molecule has 0 saturated carbocycles. The van der Waals surface area contributed by atoms with Gasteiger partial charge in [0.1, 0.15) is 17.1 Å². The third kappa shape index (κ3) is 4.01. The minimum absolute atomic E-state index is 0. The second-order valence-electron chi connectivity index (χ2n) is 5.07. The molecule has 118 valence electrons. The van der Waals surface area contributed by atoms with Gasteiger partial charge in [-0.2, -0.15) is 0 Å². The molecule has 0 aliphatic rings. The topological polar surface area (TPSA) is 18.0 Å². The lowest BCUT2D eigenvalue weighted by Crippen LogP contribution is -3.00. The van der Waals surface area contributed by atoms with Gasteiger partial charge in [-0.25, -0.2) is 0 Å². The molecule has 3 rings (SSSR count). The average molecular weight is 418 g/mol. The van der Waals surface area contributed by atoms with Gasteiger partial charge in [0.2, 0.25) is 0 Å². The van der Waals surface area contributed by atoms with E-state index in [1.807, 2.05) is 49.5 Å². The summed E-state index contributed by atoms with van der Waals surface area (Å²) in [6, 6.07) is 20.5. The first-order valence-corrected chi connectivity index (χ1v) is 7.23. The molecule has 3 aromatic rings. The monoisotopic (exact) mass is 418 g/mol. The van der Waals surface area contributed by atoms with Gasteiger partial charge in [-0.3, -0.25) is 0 Å². The Morgan fingerprint density at radius 2 is 1.61 bits per heavy atom. The number of para-hydroxylation sites is 1. The molecular formula is C19H19IN2O. The third-order valence-corrected chi connectivity index (χ3v) is 3.58. The van der Waals surface area contributed by atoms with Crippen LogP contribution in [0.2, 0.25) is 0 Å². The van der Waals surface area contributed by atoms with Crippen molar-refractivity contribution in [1.82, 2.24) is 4.68 Å². The van der Waals surface area contributed by atoms with Crippen LogP contribution in [-0.2, 0) is 7.05 Å². The molecule has 0 spiro atoms. The first-order valence-electron chi connectivity index (χ1n) is 7.23. The molecule has 0 atom stereocenters. The van der Waals surface area contributed by atoms with Crippen molar-refractivity contribution in [2.75, 3.05) is 7.11 Å². The van der Waals surface area contributed by atoms with Crippen LogP contribution in [-0.4, -0.2) is 11.8 Å². The first kappa shape index (κ1) is 17.3. The predicted octanol–water partition coefficient (Wildman–Crippen LogP) is 0.485. The second kappa shape index (κ2) is 7.97. The molecule has 0 bridgehead atoms. The molecule has 0 fully saturated rings. The Kier molecular flexibility index (Phi) is 5.98. The van der Waals surface area contributed by atoms with Crippen molar-refractivity contribution < 1.29 is 33.4 Å². The van der Waals surface area contributed by atoms with E-state index >= 15 is 0 Å². The number of aryl methyl sites for hydroxylation is 1. The van der Waals surface area contributed by atoms with Gasteiger partial charge < -0.3 is 28.7 Å². The standard InChI is InChI=1S/C19H19N2O.HI/c1-20-15-14-18(21(20)17-6-4-3-5-7-17)11-8-16-9-12-19(22-2)13-10-16;/h3-15H,1-2H3;1H/q+1;/p-1. The maximum absolute atomic E-state index is 5.18. The number of hydrogen-bond acceptors (Lipinski definition) is 1. The Labute approximate surface area is 153 Å². The zero-order chi connectivity index (χ0) is 15.4. The number of hydrogen-bond donors (Lipinski definition) is 0. The van der Waals surface area contributed by atoms with Crippen molar-refractivity contribution in [2.45, 2.75) is 0 Å². The van der Waals surface area contributed by atoms with Gasteiger partial charge in [0, 0.05) is 6.07 Å². The van der Waals surface area contributed by atoms with E-state index in [1.165, 1.54) is 0 Å². The van der Waals surface area contributed by atoms with Crippen LogP contribution in [0.15, 0.2) is 66.9 Å². The number of benzene rings is 2. The van der Waals surface area contributed by atoms with Crippen LogP contribution in [0.25, 0.3) is 17.8 Å². The van der Waals surface area contributed by atoms with Crippen molar-refractivity contribution in [1.29, 1.82) is 0 Å². The lowest BCUT2D eigenvalue weighted by molar-refractivity contribution is -0.744.